The van der Waals surface area contributed by atoms with E-state index in [2.05, 4.69) is 31.9 Å². The zero-order chi connectivity index (χ0) is 20.4. The van der Waals surface area contributed by atoms with Crippen molar-refractivity contribution in [2.24, 2.45) is 0 Å². The largest absolute Gasteiger partial charge is 0.329 e. The number of nitrogens with one attached hydrogen (secondary N) is 2. The quantitative estimate of drug-likeness (QED) is 0.475. The van der Waals surface area contributed by atoms with E-state index in [1.807, 2.05) is 56.3 Å². The van der Waals surface area contributed by atoms with Gasteiger partial charge in [-0.1, -0.05) is 37.3 Å². The van der Waals surface area contributed by atoms with Crippen molar-refractivity contribution in [2.45, 2.75) is 27.2 Å². The molecular weight excluding hydrogens is 382 g/mol. The predicted molar refractivity (Wildman–Crippen MR) is 118 cm³/mol. The SMILES string of the molecule is CCc1ccccc1NC(=O)c1c(C)nsc1Nc1cnc2cccc(C)c2n1. The van der Waals surface area contributed by atoms with Crippen LogP contribution in [-0.2, 0) is 6.42 Å². The van der Waals surface area contributed by atoms with Crippen molar-refractivity contribution in [1.82, 2.24) is 14.3 Å². The van der Waals surface area contributed by atoms with E-state index in [0.717, 1.165) is 34.3 Å². The first-order valence-corrected chi connectivity index (χ1v) is 10.2. The first-order chi connectivity index (χ1) is 14.1. The van der Waals surface area contributed by atoms with Crippen molar-refractivity contribution < 1.29 is 4.79 Å². The third-order valence-electron chi connectivity index (χ3n) is 4.75. The lowest BCUT2D eigenvalue weighted by atomic mass is 10.1. The number of carbonyl (C=O) groups is 1. The van der Waals surface area contributed by atoms with E-state index in [9.17, 15) is 4.79 Å². The molecule has 0 aliphatic rings. The number of hydrogen-bond acceptors (Lipinski definition) is 6. The van der Waals surface area contributed by atoms with Crippen molar-refractivity contribution in [3.8, 4) is 0 Å². The third kappa shape index (κ3) is 3.82. The zero-order valence-electron chi connectivity index (χ0n) is 16.5. The topological polar surface area (TPSA) is 79.8 Å². The molecule has 0 saturated heterocycles. The molecule has 0 aliphatic heterocycles. The summed E-state index contributed by atoms with van der Waals surface area (Å²) in [5.74, 6) is 0.392. The molecule has 0 radical (unpaired) electrons. The summed E-state index contributed by atoms with van der Waals surface area (Å²) >= 11 is 1.24. The van der Waals surface area contributed by atoms with Crippen LogP contribution in [0.25, 0.3) is 11.0 Å². The van der Waals surface area contributed by atoms with Crippen LogP contribution in [0.2, 0.25) is 0 Å². The molecule has 1 amide bonds. The lowest BCUT2D eigenvalue weighted by molar-refractivity contribution is 0.102. The van der Waals surface area contributed by atoms with Crippen LogP contribution in [0.5, 0.6) is 0 Å². The van der Waals surface area contributed by atoms with E-state index in [-0.39, 0.29) is 5.91 Å². The van der Waals surface area contributed by atoms with E-state index in [0.29, 0.717) is 22.1 Å². The number of rotatable bonds is 5. The maximum absolute atomic E-state index is 13.0. The van der Waals surface area contributed by atoms with Gasteiger partial charge in [0.25, 0.3) is 5.91 Å². The van der Waals surface area contributed by atoms with Crippen LogP contribution in [0, 0.1) is 13.8 Å². The predicted octanol–water partition coefficient (Wildman–Crippen LogP) is 5.26. The average Bonchev–Trinajstić information content (AvgIpc) is 3.09. The van der Waals surface area contributed by atoms with Crippen molar-refractivity contribution in [2.75, 3.05) is 10.6 Å². The number of hydrogen-bond donors (Lipinski definition) is 2. The second kappa shape index (κ2) is 7.97. The third-order valence-corrected chi connectivity index (χ3v) is 5.61. The maximum Gasteiger partial charge on any atom is 0.260 e. The van der Waals surface area contributed by atoms with Gasteiger partial charge in [0, 0.05) is 5.69 Å². The highest BCUT2D eigenvalue weighted by atomic mass is 32.1. The molecule has 0 saturated carbocycles. The first-order valence-electron chi connectivity index (χ1n) is 9.41. The number of anilines is 3. The van der Waals surface area contributed by atoms with Gasteiger partial charge < -0.3 is 10.6 Å². The van der Waals surface area contributed by atoms with Gasteiger partial charge in [-0.15, -0.1) is 0 Å². The van der Waals surface area contributed by atoms with Crippen LogP contribution in [0.4, 0.5) is 16.5 Å². The Morgan fingerprint density at radius 3 is 2.76 bits per heavy atom. The number of aryl methyl sites for hydroxylation is 3. The molecule has 4 aromatic rings. The van der Waals surface area contributed by atoms with Crippen LogP contribution in [0.1, 0.15) is 34.1 Å². The first kappa shape index (κ1) is 19.0. The summed E-state index contributed by atoms with van der Waals surface area (Å²) in [6.45, 7) is 5.90. The molecule has 2 aromatic heterocycles. The fraction of sp³-hybridized carbons (Fsp3) is 0.182. The van der Waals surface area contributed by atoms with Crippen LogP contribution in [0.3, 0.4) is 0 Å². The maximum atomic E-state index is 13.0. The Balaban J connectivity index is 1.64. The summed E-state index contributed by atoms with van der Waals surface area (Å²) in [5, 5.41) is 6.90. The van der Waals surface area contributed by atoms with Crippen molar-refractivity contribution in [3.63, 3.8) is 0 Å². The van der Waals surface area contributed by atoms with E-state index in [4.69, 9.17) is 0 Å². The van der Waals surface area contributed by atoms with Gasteiger partial charge in [-0.3, -0.25) is 9.78 Å². The molecular formula is C22H21N5OS. The van der Waals surface area contributed by atoms with Gasteiger partial charge >= 0.3 is 0 Å². The summed E-state index contributed by atoms with van der Waals surface area (Å²) < 4.78 is 4.37. The van der Waals surface area contributed by atoms with Crippen LogP contribution in [0.15, 0.2) is 48.7 Å². The fourth-order valence-corrected chi connectivity index (χ4v) is 4.01. The number of nitrogens with zero attached hydrogens (tertiary/aromatic N) is 3. The Kier molecular flexibility index (Phi) is 5.22. The number of para-hydroxylation sites is 2. The van der Waals surface area contributed by atoms with Crippen molar-refractivity contribution in [1.29, 1.82) is 0 Å². The number of aromatic nitrogens is 3. The monoisotopic (exact) mass is 403 g/mol. The standard InChI is InChI=1S/C22H21N5OS/c1-4-15-9-5-6-10-16(15)24-21(28)19-14(3)27-29-22(19)26-18-12-23-17-11-7-8-13(2)20(17)25-18/h5-12H,4H2,1-3H3,(H,24,28)(H,25,26). The molecule has 6 nitrogen and oxygen atoms in total. The van der Waals surface area contributed by atoms with Crippen molar-refractivity contribution >= 4 is 45.0 Å². The van der Waals surface area contributed by atoms with Gasteiger partial charge in [-0.2, -0.15) is 4.37 Å². The highest BCUT2D eigenvalue weighted by molar-refractivity contribution is 7.10. The second-order valence-electron chi connectivity index (χ2n) is 6.76. The minimum Gasteiger partial charge on any atom is -0.329 e. The molecule has 0 fully saturated rings. The minimum atomic E-state index is -0.190. The molecule has 146 valence electrons. The van der Waals surface area contributed by atoms with Gasteiger partial charge in [0.1, 0.15) is 10.8 Å². The Morgan fingerprint density at radius 1 is 1.10 bits per heavy atom. The fourth-order valence-electron chi connectivity index (χ4n) is 3.21. The molecule has 0 atom stereocenters. The van der Waals surface area contributed by atoms with Gasteiger partial charge in [0.2, 0.25) is 0 Å². The molecule has 4 rings (SSSR count). The van der Waals surface area contributed by atoms with Crippen LogP contribution >= 0.6 is 11.5 Å². The molecule has 2 N–H and O–H groups in total. The molecule has 0 aliphatic carbocycles. The Bertz CT molecular complexity index is 1200. The average molecular weight is 404 g/mol. The van der Waals surface area contributed by atoms with E-state index < -0.39 is 0 Å². The van der Waals surface area contributed by atoms with E-state index in [1.165, 1.54) is 11.5 Å². The zero-order valence-corrected chi connectivity index (χ0v) is 17.3. The normalized spacial score (nSPS) is 10.9. The van der Waals surface area contributed by atoms with Crippen LogP contribution in [-0.4, -0.2) is 20.2 Å². The number of amides is 1. The Labute approximate surface area is 173 Å². The molecule has 2 aromatic carbocycles. The van der Waals surface area contributed by atoms with E-state index >= 15 is 0 Å². The Hall–Kier alpha value is -3.32. The summed E-state index contributed by atoms with van der Waals surface area (Å²) in [7, 11) is 0. The highest BCUT2D eigenvalue weighted by Gasteiger charge is 2.20. The highest BCUT2D eigenvalue weighted by Crippen LogP contribution is 2.29. The van der Waals surface area contributed by atoms with Gasteiger partial charge in [-0.25, -0.2) is 4.98 Å². The summed E-state index contributed by atoms with van der Waals surface area (Å²) in [6, 6.07) is 13.7. The minimum absolute atomic E-state index is 0.190. The second-order valence-corrected chi connectivity index (χ2v) is 7.53. The van der Waals surface area contributed by atoms with E-state index in [1.54, 1.807) is 6.20 Å². The Morgan fingerprint density at radius 2 is 1.93 bits per heavy atom. The lowest BCUT2D eigenvalue weighted by Gasteiger charge is -2.11. The molecule has 7 heteroatoms. The molecule has 0 spiro atoms. The smallest absolute Gasteiger partial charge is 0.260 e. The lowest BCUT2D eigenvalue weighted by Crippen LogP contribution is -2.15. The number of fused-ring (bicyclic) bond motifs is 1. The summed E-state index contributed by atoms with van der Waals surface area (Å²) in [5.41, 5.74) is 5.83. The van der Waals surface area contributed by atoms with Gasteiger partial charge in [0.15, 0.2) is 0 Å². The van der Waals surface area contributed by atoms with Crippen LogP contribution < -0.4 is 10.6 Å². The number of benzene rings is 2. The summed E-state index contributed by atoms with van der Waals surface area (Å²) in [6.07, 6.45) is 2.51. The van der Waals surface area contributed by atoms with Gasteiger partial charge in [-0.05, 0) is 55.1 Å². The summed E-state index contributed by atoms with van der Waals surface area (Å²) in [4.78, 5) is 22.2. The van der Waals surface area contributed by atoms with Crippen molar-refractivity contribution in [3.05, 3.63) is 71.0 Å². The van der Waals surface area contributed by atoms with Gasteiger partial charge in [0.05, 0.1) is 28.5 Å². The molecule has 0 bridgehead atoms. The number of carbonyl (C=O) groups excluding carboxylic acids is 1. The molecule has 29 heavy (non-hydrogen) atoms. The molecule has 0 unspecified atom stereocenters. The molecule has 2 heterocycles.